The van der Waals surface area contributed by atoms with Crippen LogP contribution in [0.2, 0.25) is 5.02 Å². The van der Waals surface area contributed by atoms with Crippen molar-refractivity contribution < 1.29 is 14.3 Å². The number of para-hydroxylation sites is 1. The van der Waals surface area contributed by atoms with Gasteiger partial charge in [0.2, 0.25) is 5.91 Å². The molecule has 160 valence electrons. The van der Waals surface area contributed by atoms with Gasteiger partial charge in [0.1, 0.15) is 24.7 Å². The Morgan fingerprint density at radius 2 is 1.45 bits per heavy atom. The van der Waals surface area contributed by atoms with Crippen LogP contribution in [0.4, 0.5) is 5.69 Å². The second-order valence-corrected chi connectivity index (χ2v) is 7.44. The molecule has 3 aromatic rings. The molecule has 0 aliphatic carbocycles. The van der Waals surface area contributed by atoms with Crippen molar-refractivity contribution in [1.82, 2.24) is 5.32 Å². The summed E-state index contributed by atoms with van der Waals surface area (Å²) in [7, 11) is 0. The Balaban J connectivity index is 1.36. The van der Waals surface area contributed by atoms with E-state index in [1.807, 2.05) is 78.9 Å². The van der Waals surface area contributed by atoms with Crippen LogP contribution in [0, 0.1) is 0 Å². The first-order valence-corrected chi connectivity index (χ1v) is 10.6. The molecule has 3 rings (SSSR count). The minimum absolute atomic E-state index is 0.171. The molecule has 0 spiro atoms. The molecule has 0 saturated carbocycles. The molecule has 0 bridgehead atoms. The predicted octanol–water partition coefficient (Wildman–Crippen LogP) is 5.24. The van der Waals surface area contributed by atoms with Crippen LogP contribution in [0.3, 0.4) is 0 Å². The highest BCUT2D eigenvalue weighted by Gasteiger charge is 2.07. The van der Waals surface area contributed by atoms with Crippen LogP contribution in [0.25, 0.3) is 0 Å². The molecular formula is C24H23ClN2O3S. The van der Waals surface area contributed by atoms with E-state index >= 15 is 0 Å². The predicted molar refractivity (Wildman–Crippen MR) is 128 cm³/mol. The molecule has 0 heterocycles. The van der Waals surface area contributed by atoms with E-state index in [1.165, 1.54) is 0 Å². The van der Waals surface area contributed by atoms with Gasteiger partial charge >= 0.3 is 0 Å². The molecule has 31 heavy (non-hydrogen) atoms. The van der Waals surface area contributed by atoms with Gasteiger partial charge in [-0.25, -0.2) is 0 Å². The van der Waals surface area contributed by atoms with Crippen molar-refractivity contribution in [3.63, 3.8) is 0 Å². The van der Waals surface area contributed by atoms with Crippen LogP contribution < -0.4 is 20.1 Å². The number of rotatable bonds is 9. The number of halogens is 1. The molecule has 0 saturated heterocycles. The van der Waals surface area contributed by atoms with Gasteiger partial charge in [-0.3, -0.25) is 4.79 Å². The zero-order valence-corrected chi connectivity index (χ0v) is 18.4. The smallest absolute Gasteiger partial charge is 0.226 e. The Morgan fingerprint density at radius 3 is 2.13 bits per heavy atom. The zero-order chi connectivity index (χ0) is 21.9. The first-order chi connectivity index (χ1) is 15.1. The second-order valence-electron chi connectivity index (χ2n) is 6.63. The maximum Gasteiger partial charge on any atom is 0.226 e. The highest BCUT2D eigenvalue weighted by Crippen LogP contribution is 2.17. The third-order valence-corrected chi connectivity index (χ3v) is 4.88. The van der Waals surface area contributed by atoms with Crippen LogP contribution in [-0.4, -0.2) is 24.2 Å². The average molecular weight is 455 g/mol. The number of benzene rings is 3. The minimum atomic E-state index is -0.171. The monoisotopic (exact) mass is 454 g/mol. The van der Waals surface area contributed by atoms with Gasteiger partial charge in [0, 0.05) is 17.1 Å². The number of hydrogen-bond donors (Lipinski definition) is 2. The van der Waals surface area contributed by atoms with Crippen molar-refractivity contribution in [1.29, 1.82) is 0 Å². The standard InChI is InChI=1S/C24H23ClN2O3S/c25-22-9-5-4-6-18(22)10-15-23(28)27-24(31)26-19-11-13-21(14-12-19)30-17-16-29-20-7-2-1-3-8-20/h1-9,11-14H,10,15-17H2,(H2,26,27,28,31). The van der Waals surface area contributed by atoms with E-state index in [1.54, 1.807) is 0 Å². The molecular weight excluding hydrogens is 432 g/mol. The fourth-order valence-corrected chi connectivity index (χ4v) is 3.23. The van der Waals surface area contributed by atoms with Crippen molar-refractivity contribution in [3.8, 4) is 11.5 Å². The summed E-state index contributed by atoms with van der Waals surface area (Å²) in [5.41, 5.74) is 1.69. The van der Waals surface area contributed by atoms with Gasteiger partial charge in [-0.1, -0.05) is 48.0 Å². The summed E-state index contributed by atoms with van der Waals surface area (Å²) in [6.07, 6.45) is 0.845. The molecule has 0 atom stereocenters. The van der Waals surface area contributed by atoms with Gasteiger partial charge < -0.3 is 20.1 Å². The molecule has 7 heteroatoms. The van der Waals surface area contributed by atoms with Crippen molar-refractivity contribution in [2.24, 2.45) is 0 Å². The average Bonchev–Trinajstić information content (AvgIpc) is 2.78. The quantitative estimate of drug-likeness (QED) is 0.342. The van der Waals surface area contributed by atoms with E-state index in [2.05, 4.69) is 10.6 Å². The van der Waals surface area contributed by atoms with Gasteiger partial charge in [-0.15, -0.1) is 0 Å². The number of hydrogen-bond acceptors (Lipinski definition) is 4. The van der Waals surface area contributed by atoms with Crippen molar-refractivity contribution in [2.45, 2.75) is 12.8 Å². The van der Waals surface area contributed by atoms with E-state index in [9.17, 15) is 4.79 Å². The summed E-state index contributed by atoms with van der Waals surface area (Å²) < 4.78 is 11.3. The summed E-state index contributed by atoms with van der Waals surface area (Å²) in [5.74, 6) is 1.36. The second kappa shape index (κ2) is 11.9. The van der Waals surface area contributed by atoms with Gasteiger partial charge in [0.05, 0.1) is 0 Å². The number of aryl methyl sites for hydroxylation is 1. The lowest BCUT2D eigenvalue weighted by molar-refractivity contribution is -0.119. The van der Waals surface area contributed by atoms with E-state index in [0.717, 1.165) is 22.7 Å². The summed E-state index contributed by atoms with van der Waals surface area (Å²) in [6, 6.07) is 24.4. The van der Waals surface area contributed by atoms with Gasteiger partial charge in [0.25, 0.3) is 0 Å². The highest BCUT2D eigenvalue weighted by molar-refractivity contribution is 7.80. The Hall–Kier alpha value is -3.09. The lowest BCUT2D eigenvalue weighted by atomic mass is 10.1. The number of nitrogens with one attached hydrogen (secondary N) is 2. The third kappa shape index (κ3) is 7.92. The fraction of sp³-hybridized carbons (Fsp3) is 0.167. The van der Waals surface area contributed by atoms with Crippen LogP contribution in [0.15, 0.2) is 78.9 Å². The minimum Gasteiger partial charge on any atom is -0.490 e. The molecule has 0 aliphatic heterocycles. The molecule has 0 fully saturated rings. The fourth-order valence-electron chi connectivity index (χ4n) is 2.77. The van der Waals surface area contributed by atoms with Crippen LogP contribution >= 0.6 is 23.8 Å². The van der Waals surface area contributed by atoms with E-state index in [0.29, 0.717) is 31.1 Å². The number of carbonyl (C=O) groups is 1. The molecule has 3 aromatic carbocycles. The van der Waals surface area contributed by atoms with Crippen molar-refractivity contribution in [3.05, 3.63) is 89.4 Å². The Labute approximate surface area is 192 Å². The van der Waals surface area contributed by atoms with Gasteiger partial charge in [0.15, 0.2) is 5.11 Å². The Bertz CT molecular complexity index is 997. The van der Waals surface area contributed by atoms with Crippen LogP contribution in [0.5, 0.6) is 11.5 Å². The van der Waals surface area contributed by atoms with Crippen LogP contribution in [-0.2, 0) is 11.2 Å². The summed E-state index contributed by atoms with van der Waals surface area (Å²) in [6.45, 7) is 0.885. The lowest BCUT2D eigenvalue weighted by Crippen LogP contribution is -2.34. The Kier molecular flexibility index (Phi) is 8.70. The third-order valence-electron chi connectivity index (χ3n) is 4.31. The van der Waals surface area contributed by atoms with Gasteiger partial charge in [-0.05, 0) is 66.7 Å². The normalized spacial score (nSPS) is 10.2. The number of ether oxygens (including phenoxy) is 2. The highest BCUT2D eigenvalue weighted by atomic mass is 35.5. The van der Waals surface area contributed by atoms with Gasteiger partial charge in [-0.2, -0.15) is 0 Å². The lowest BCUT2D eigenvalue weighted by Gasteiger charge is -2.11. The molecule has 0 unspecified atom stereocenters. The number of carbonyl (C=O) groups excluding carboxylic acids is 1. The molecule has 0 aromatic heterocycles. The first kappa shape index (κ1) is 22.6. The number of thiocarbonyl (C=S) groups is 1. The molecule has 5 nitrogen and oxygen atoms in total. The van der Waals surface area contributed by atoms with Crippen LogP contribution in [0.1, 0.15) is 12.0 Å². The molecule has 0 radical (unpaired) electrons. The summed E-state index contributed by atoms with van der Waals surface area (Å²) >= 11 is 11.3. The summed E-state index contributed by atoms with van der Waals surface area (Å²) in [5, 5.41) is 6.57. The van der Waals surface area contributed by atoms with E-state index in [-0.39, 0.29) is 11.0 Å². The van der Waals surface area contributed by atoms with Crippen molar-refractivity contribution >= 4 is 40.5 Å². The largest absolute Gasteiger partial charge is 0.490 e. The summed E-state index contributed by atoms with van der Waals surface area (Å²) in [4.78, 5) is 12.1. The zero-order valence-electron chi connectivity index (χ0n) is 16.8. The Morgan fingerprint density at radius 1 is 0.839 bits per heavy atom. The molecule has 2 N–H and O–H groups in total. The number of amides is 1. The SMILES string of the molecule is O=C(CCc1ccccc1Cl)NC(=S)Nc1ccc(OCCOc2ccccc2)cc1. The molecule has 1 amide bonds. The first-order valence-electron chi connectivity index (χ1n) is 9.85. The number of anilines is 1. The van der Waals surface area contributed by atoms with E-state index < -0.39 is 0 Å². The van der Waals surface area contributed by atoms with E-state index in [4.69, 9.17) is 33.3 Å². The maximum absolute atomic E-state index is 12.1. The molecule has 0 aliphatic rings. The maximum atomic E-state index is 12.1. The topological polar surface area (TPSA) is 59.6 Å². The van der Waals surface area contributed by atoms with Crippen molar-refractivity contribution in [2.75, 3.05) is 18.5 Å².